The molecule has 0 bridgehead atoms. The normalized spacial score (nSPS) is 15.1. The Morgan fingerprint density at radius 2 is 2.27 bits per heavy atom. The van der Waals surface area contributed by atoms with E-state index in [2.05, 4.69) is 0 Å². The summed E-state index contributed by atoms with van der Waals surface area (Å²) < 4.78 is 0. The van der Waals surface area contributed by atoms with Crippen molar-refractivity contribution in [3.63, 3.8) is 0 Å². The largest absolute Gasteiger partial charge is 0.399 e. The van der Waals surface area contributed by atoms with Crippen molar-refractivity contribution in [2.75, 3.05) is 5.73 Å². The molecular formula is C8H7NOS. The first-order chi connectivity index (χ1) is 5.27. The third kappa shape index (κ3) is 1.01. The van der Waals surface area contributed by atoms with Crippen LogP contribution in [0.15, 0.2) is 18.2 Å². The number of thioether (sulfide) groups is 1. The summed E-state index contributed by atoms with van der Waals surface area (Å²) in [5.74, 6) is 0.800. The van der Waals surface area contributed by atoms with Gasteiger partial charge in [-0.3, -0.25) is 4.79 Å². The van der Waals surface area contributed by atoms with Crippen molar-refractivity contribution < 1.29 is 4.79 Å². The van der Waals surface area contributed by atoms with Crippen molar-refractivity contribution in [2.45, 2.75) is 5.75 Å². The van der Waals surface area contributed by atoms with Gasteiger partial charge < -0.3 is 5.73 Å². The molecule has 0 aliphatic carbocycles. The van der Waals surface area contributed by atoms with Crippen molar-refractivity contribution >= 4 is 22.6 Å². The lowest BCUT2D eigenvalue weighted by Crippen LogP contribution is -1.91. The van der Waals surface area contributed by atoms with Gasteiger partial charge in [0.15, 0.2) is 0 Å². The van der Waals surface area contributed by atoms with Crippen LogP contribution in [0.1, 0.15) is 15.9 Å². The predicted molar refractivity (Wildman–Crippen MR) is 46.5 cm³/mol. The zero-order valence-electron chi connectivity index (χ0n) is 5.83. The monoisotopic (exact) mass is 165 g/mol. The maximum absolute atomic E-state index is 11.1. The third-order valence-corrected chi connectivity index (χ3v) is 2.65. The fraction of sp³-hybridized carbons (Fsp3) is 0.125. The van der Waals surface area contributed by atoms with Crippen LogP contribution in [0.3, 0.4) is 0 Å². The number of benzene rings is 1. The molecule has 1 aromatic carbocycles. The van der Waals surface area contributed by atoms with E-state index in [1.54, 1.807) is 6.07 Å². The summed E-state index contributed by atoms with van der Waals surface area (Å²) in [5.41, 5.74) is 8.09. The molecule has 2 nitrogen and oxygen atoms in total. The lowest BCUT2D eigenvalue weighted by Gasteiger charge is -1.96. The first-order valence-electron chi connectivity index (χ1n) is 3.33. The van der Waals surface area contributed by atoms with Gasteiger partial charge in [0.25, 0.3) is 0 Å². The second kappa shape index (κ2) is 2.27. The Bertz CT molecular complexity index is 322. The molecule has 0 unspecified atom stereocenters. The predicted octanol–water partition coefficient (Wildman–Crippen LogP) is 1.66. The first kappa shape index (κ1) is 6.73. The molecule has 2 rings (SSSR count). The fourth-order valence-corrected chi connectivity index (χ4v) is 2.01. The van der Waals surface area contributed by atoms with Crippen LogP contribution in [0.25, 0.3) is 0 Å². The smallest absolute Gasteiger partial charge is 0.220 e. The number of carbonyl (C=O) groups is 1. The van der Waals surface area contributed by atoms with Crippen molar-refractivity contribution in [1.29, 1.82) is 0 Å². The molecule has 0 amide bonds. The number of fused-ring (bicyclic) bond motifs is 1. The summed E-state index contributed by atoms with van der Waals surface area (Å²) in [6, 6.07) is 5.50. The van der Waals surface area contributed by atoms with Gasteiger partial charge in [-0.05, 0) is 17.7 Å². The summed E-state index contributed by atoms with van der Waals surface area (Å²) >= 11 is 1.34. The van der Waals surface area contributed by atoms with E-state index in [1.165, 1.54) is 11.8 Å². The van der Waals surface area contributed by atoms with Gasteiger partial charge in [-0.1, -0.05) is 17.8 Å². The Hall–Kier alpha value is -0.960. The van der Waals surface area contributed by atoms with Crippen LogP contribution in [0.5, 0.6) is 0 Å². The Labute approximate surface area is 68.8 Å². The molecule has 0 radical (unpaired) electrons. The topological polar surface area (TPSA) is 43.1 Å². The zero-order valence-corrected chi connectivity index (χ0v) is 6.65. The van der Waals surface area contributed by atoms with E-state index in [4.69, 9.17) is 5.73 Å². The molecule has 0 atom stereocenters. The number of nitrogens with two attached hydrogens (primary N) is 1. The van der Waals surface area contributed by atoms with Crippen LogP contribution in [0, 0.1) is 0 Å². The molecular weight excluding hydrogens is 158 g/mol. The molecule has 0 saturated carbocycles. The van der Waals surface area contributed by atoms with Gasteiger partial charge >= 0.3 is 0 Å². The van der Waals surface area contributed by atoms with Crippen molar-refractivity contribution in [2.24, 2.45) is 0 Å². The molecule has 1 aliphatic heterocycles. The highest BCUT2D eigenvalue weighted by molar-refractivity contribution is 8.13. The summed E-state index contributed by atoms with van der Waals surface area (Å²) in [4.78, 5) is 11.1. The number of hydrogen-bond donors (Lipinski definition) is 1. The Morgan fingerprint density at radius 1 is 1.45 bits per heavy atom. The lowest BCUT2D eigenvalue weighted by molar-refractivity contribution is 0.109. The van der Waals surface area contributed by atoms with Crippen LogP contribution in [-0.4, -0.2) is 5.12 Å². The minimum absolute atomic E-state index is 0.146. The Morgan fingerprint density at radius 3 is 3.09 bits per heavy atom. The molecule has 0 saturated heterocycles. The van der Waals surface area contributed by atoms with E-state index in [-0.39, 0.29) is 5.12 Å². The minimum atomic E-state index is 0.146. The summed E-state index contributed by atoms with van der Waals surface area (Å²) in [7, 11) is 0. The van der Waals surface area contributed by atoms with Crippen LogP contribution in [0.4, 0.5) is 5.69 Å². The highest BCUT2D eigenvalue weighted by Crippen LogP contribution is 2.30. The van der Waals surface area contributed by atoms with Crippen molar-refractivity contribution in [3.05, 3.63) is 29.3 Å². The molecule has 0 fully saturated rings. The number of rotatable bonds is 0. The zero-order chi connectivity index (χ0) is 7.84. The fourth-order valence-electron chi connectivity index (χ4n) is 1.13. The number of carbonyl (C=O) groups excluding carboxylic acids is 1. The second-order valence-corrected chi connectivity index (χ2v) is 3.44. The summed E-state index contributed by atoms with van der Waals surface area (Å²) in [5, 5.41) is 0.146. The van der Waals surface area contributed by atoms with Gasteiger partial charge in [-0.15, -0.1) is 0 Å². The van der Waals surface area contributed by atoms with Crippen molar-refractivity contribution in [3.8, 4) is 0 Å². The summed E-state index contributed by atoms with van der Waals surface area (Å²) in [6.45, 7) is 0. The van der Waals surface area contributed by atoms with Gasteiger partial charge in [-0.2, -0.15) is 0 Å². The van der Waals surface area contributed by atoms with E-state index in [9.17, 15) is 4.79 Å². The standard InChI is InChI=1S/C8H7NOS/c9-6-2-1-5-4-11-8(10)7(5)3-6/h1-3H,4,9H2. The second-order valence-electron chi connectivity index (χ2n) is 2.49. The highest BCUT2D eigenvalue weighted by Gasteiger charge is 2.19. The average Bonchev–Trinajstić information content (AvgIpc) is 2.33. The van der Waals surface area contributed by atoms with E-state index >= 15 is 0 Å². The van der Waals surface area contributed by atoms with Crippen LogP contribution >= 0.6 is 11.8 Å². The quantitative estimate of drug-likeness (QED) is 0.594. The molecule has 0 spiro atoms. The van der Waals surface area contributed by atoms with Crippen molar-refractivity contribution in [1.82, 2.24) is 0 Å². The van der Waals surface area contributed by atoms with E-state index in [0.717, 1.165) is 16.9 Å². The highest BCUT2D eigenvalue weighted by atomic mass is 32.2. The SMILES string of the molecule is Nc1ccc2c(c1)C(=O)SC2. The molecule has 3 heteroatoms. The van der Waals surface area contributed by atoms with Gasteiger partial charge in [0.2, 0.25) is 5.12 Å². The molecule has 1 aliphatic rings. The van der Waals surface area contributed by atoms with Gasteiger partial charge in [0.1, 0.15) is 0 Å². The number of anilines is 1. The minimum Gasteiger partial charge on any atom is -0.399 e. The average molecular weight is 165 g/mol. The number of hydrogen-bond acceptors (Lipinski definition) is 3. The Balaban J connectivity index is 2.60. The van der Waals surface area contributed by atoms with Crippen LogP contribution in [0.2, 0.25) is 0 Å². The molecule has 2 N–H and O–H groups in total. The van der Waals surface area contributed by atoms with E-state index < -0.39 is 0 Å². The third-order valence-electron chi connectivity index (χ3n) is 1.71. The maximum atomic E-state index is 11.1. The van der Waals surface area contributed by atoms with E-state index in [1.807, 2.05) is 12.1 Å². The maximum Gasteiger partial charge on any atom is 0.220 e. The lowest BCUT2D eigenvalue weighted by atomic mass is 10.1. The van der Waals surface area contributed by atoms with Crippen LogP contribution in [-0.2, 0) is 5.75 Å². The van der Waals surface area contributed by atoms with Crippen LogP contribution < -0.4 is 5.73 Å². The molecule has 1 heterocycles. The molecule has 1 aromatic rings. The number of nitrogen functional groups attached to an aromatic ring is 1. The first-order valence-corrected chi connectivity index (χ1v) is 4.31. The van der Waals surface area contributed by atoms with Gasteiger partial charge in [0.05, 0.1) is 0 Å². The Kier molecular flexibility index (Phi) is 1.39. The molecule has 56 valence electrons. The molecule has 11 heavy (non-hydrogen) atoms. The molecule has 0 aromatic heterocycles. The van der Waals surface area contributed by atoms with Gasteiger partial charge in [0, 0.05) is 17.0 Å². The van der Waals surface area contributed by atoms with Gasteiger partial charge in [-0.25, -0.2) is 0 Å². The van der Waals surface area contributed by atoms with E-state index in [0.29, 0.717) is 5.69 Å². The summed E-state index contributed by atoms with van der Waals surface area (Å²) in [6.07, 6.45) is 0.